The molecule has 7 nitrogen and oxygen atoms in total. The van der Waals surface area contributed by atoms with Gasteiger partial charge in [-0.15, -0.1) is 0 Å². The summed E-state index contributed by atoms with van der Waals surface area (Å²) in [5.74, 6) is -2.32. The van der Waals surface area contributed by atoms with Crippen molar-refractivity contribution in [3.8, 4) is 0 Å². The topological polar surface area (TPSA) is 95.7 Å². The van der Waals surface area contributed by atoms with E-state index in [-0.39, 0.29) is 19.0 Å². The van der Waals surface area contributed by atoms with Gasteiger partial charge in [0, 0.05) is 25.2 Å². The Morgan fingerprint density at radius 3 is 2.67 bits per heavy atom. The summed E-state index contributed by atoms with van der Waals surface area (Å²) in [5.41, 5.74) is -1.80. The molecule has 2 N–H and O–H groups in total. The van der Waals surface area contributed by atoms with Gasteiger partial charge in [0.25, 0.3) is 5.91 Å². The van der Waals surface area contributed by atoms with Crippen LogP contribution in [0.15, 0.2) is 12.4 Å². The lowest BCUT2D eigenvalue weighted by Crippen LogP contribution is -2.46. The van der Waals surface area contributed by atoms with E-state index in [4.69, 9.17) is 5.11 Å². The molecule has 0 unspecified atom stereocenters. The summed E-state index contributed by atoms with van der Waals surface area (Å²) in [7, 11) is 0. The first-order chi connectivity index (χ1) is 8.36. The number of aliphatic carboxylic acids is 1. The smallest absolute Gasteiger partial charge is 0.345 e. The van der Waals surface area contributed by atoms with Crippen LogP contribution in [0.5, 0.6) is 0 Å². The average Bonchev–Trinajstić information content (AvgIpc) is 2.86. The van der Waals surface area contributed by atoms with Crippen molar-refractivity contribution in [2.45, 2.75) is 31.9 Å². The average molecular weight is 253 g/mol. The van der Waals surface area contributed by atoms with Crippen molar-refractivity contribution >= 4 is 17.6 Å². The van der Waals surface area contributed by atoms with Crippen LogP contribution in [0.25, 0.3) is 0 Å². The number of hydrogen-bond donors (Lipinski definition) is 2. The molecule has 1 saturated heterocycles. The number of aromatic nitrogens is 2. The number of carbonyl (C=O) groups is 2. The number of amides is 1. The Hall–Kier alpha value is -1.89. The van der Waals surface area contributed by atoms with Gasteiger partial charge in [-0.3, -0.25) is 9.48 Å². The molecule has 1 atom stereocenters. The number of nitrogens with zero attached hydrogens (tertiary/aromatic N) is 3. The van der Waals surface area contributed by atoms with Gasteiger partial charge in [0.05, 0.1) is 11.9 Å². The largest absolute Gasteiger partial charge is 0.479 e. The number of hydrogen-bond acceptors (Lipinski definition) is 4. The molecule has 98 valence electrons. The first-order valence-corrected chi connectivity index (χ1v) is 5.68. The number of aliphatic hydroxyl groups is 1. The van der Waals surface area contributed by atoms with Crippen LogP contribution in [-0.4, -0.2) is 44.0 Å². The van der Waals surface area contributed by atoms with Gasteiger partial charge >= 0.3 is 5.97 Å². The quantitative estimate of drug-likeness (QED) is 0.740. The highest BCUT2D eigenvalue weighted by Crippen LogP contribution is 2.28. The summed E-state index contributed by atoms with van der Waals surface area (Å²) >= 11 is 0. The van der Waals surface area contributed by atoms with Crippen molar-refractivity contribution in [3.63, 3.8) is 0 Å². The third-order valence-electron chi connectivity index (χ3n) is 3.08. The third kappa shape index (κ3) is 1.76. The van der Waals surface area contributed by atoms with Crippen molar-refractivity contribution in [3.05, 3.63) is 12.4 Å². The minimum atomic E-state index is -2.31. The minimum Gasteiger partial charge on any atom is -0.479 e. The zero-order valence-corrected chi connectivity index (χ0v) is 10.2. The van der Waals surface area contributed by atoms with E-state index in [2.05, 4.69) is 5.10 Å². The molecule has 2 rings (SSSR count). The third-order valence-corrected chi connectivity index (χ3v) is 3.08. The Morgan fingerprint density at radius 2 is 2.22 bits per heavy atom. The predicted molar refractivity (Wildman–Crippen MR) is 62.2 cm³/mol. The Morgan fingerprint density at radius 1 is 1.56 bits per heavy atom. The van der Waals surface area contributed by atoms with Crippen molar-refractivity contribution in [1.82, 2.24) is 9.78 Å². The maximum Gasteiger partial charge on any atom is 0.345 e. The molecule has 1 aromatic heterocycles. The summed E-state index contributed by atoms with van der Waals surface area (Å²) < 4.78 is 1.67. The summed E-state index contributed by atoms with van der Waals surface area (Å²) in [5, 5.41) is 22.7. The molecule has 1 aromatic rings. The van der Waals surface area contributed by atoms with E-state index in [1.54, 1.807) is 10.9 Å². The first kappa shape index (κ1) is 12.6. The predicted octanol–water partition coefficient (Wildman–Crippen LogP) is 0.0164. The molecule has 0 saturated carbocycles. The zero-order chi connectivity index (χ0) is 13.5. The molecule has 0 aromatic carbocycles. The molecule has 0 radical (unpaired) electrons. The van der Waals surface area contributed by atoms with E-state index >= 15 is 0 Å². The van der Waals surface area contributed by atoms with Gasteiger partial charge in [-0.2, -0.15) is 5.10 Å². The second kappa shape index (κ2) is 4.09. The van der Waals surface area contributed by atoms with Crippen LogP contribution in [0.3, 0.4) is 0 Å². The zero-order valence-electron chi connectivity index (χ0n) is 10.2. The van der Waals surface area contributed by atoms with E-state index in [1.807, 2.05) is 13.8 Å². The molecule has 18 heavy (non-hydrogen) atoms. The number of carbonyl (C=O) groups excluding carboxylic acids is 1. The SMILES string of the molecule is CC(C)n1cc(N2CC[C@@](O)(C(=O)O)C2=O)cn1. The fourth-order valence-electron chi connectivity index (χ4n) is 1.90. The van der Waals surface area contributed by atoms with Gasteiger partial charge < -0.3 is 15.1 Å². The van der Waals surface area contributed by atoms with Crippen LogP contribution in [0.2, 0.25) is 0 Å². The van der Waals surface area contributed by atoms with Gasteiger partial charge in [0.1, 0.15) is 0 Å². The molecular weight excluding hydrogens is 238 g/mol. The summed E-state index contributed by atoms with van der Waals surface area (Å²) in [4.78, 5) is 24.1. The molecule has 1 aliphatic rings. The van der Waals surface area contributed by atoms with Gasteiger partial charge in [-0.05, 0) is 13.8 Å². The van der Waals surface area contributed by atoms with E-state index in [9.17, 15) is 14.7 Å². The lowest BCUT2D eigenvalue weighted by Gasteiger charge is -2.17. The number of carboxylic acids is 1. The van der Waals surface area contributed by atoms with Crippen LogP contribution in [0.4, 0.5) is 5.69 Å². The molecule has 1 aliphatic heterocycles. The fraction of sp³-hybridized carbons (Fsp3) is 0.545. The van der Waals surface area contributed by atoms with Crippen LogP contribution in [0.1, 0.15) is 26.3 Å². The lowest BCUT2D eigenvalue weighted by atomic mass is 10.0. The van der Waals surface area contributed by atoms with Gasteiger partial charge in [-0.25, -0.2) is 4.79 Å². The van der Waals surface area contributed by atoms with Gasteiger partial charge in [0.2, 0.25) is 5.60 Å². The van der Waals surface area contributed by atoms with Crippen LogP contribution in [-0.2, 0) is 9.59 Å². The summed E-state index contributed by atoms with van der Waals surface area (Å²) in [6.07, 6.45) is 3.04. The van der Waals surface area contributed by atoms with E-state index < -0.39 is 17.5 Å². The molecule has 7 heteroatoms. The van der Waals surface area contributed by atoms with Crippen LogP contribution < -0.4 is 4.90 Å². The molecule has 0 spiro atoms. The number of carboxylic acid groups (broad SMARTS) is 1. The van der Waals surface area contributed by atoms with Gasteiger partial charge in [0.15, 0.2) is 0 Å². The highest BCUT2D eigenvalue weighted by Gasteiger charge is 2.52. The second-order valence-electron chi connectivity index (χ2n) is 4.64. The molecule has 0 aliphatic carbocycles. The van der Waals surface area contributed by atoms with E-state index in [1.165, 1.54) is 11.1 Å². The van der Waals surface area contributed by atoms with Crippen molar-refractivity contribution in [2.75, 3.05) is 11.4 Å². The number of anilines is 1. The highest BCUT2D eigenvalue weighted by molar-refractivity contribution is 6.14. The molecular formula is C11H15N3O4. The van der Waals surface area contributed by atoms with E-state index in [0.717, 1.165) is 0 Å². The lowest BCUT2D eigenvalue weighted by molar-refractivity contribution is -0.162. The fourth-order valence-corrected chi connectivity index (χ4v) is 1.90. The maximum absolute atomic E-state index is 11.9. The summed E-state index contributed by atoms with van der Waals surface area (Å²) in [6.45, 7) is 4.05. The molecule has 0 bridgehead atoms. The van der Waals surface area contributed by atoms with Crippen molar-refractivity contribution in [2.24, 2.45) is 0 Å². The summed E-state index contributed by atoms with van der Waals surface area (Å²) in [6, 6.07) is 0.148. The second-order valence-corrected chi connectivity index (χ2v) is 4.64. The highest BCUT2D eigenvalue weighted by atomic mass is 16.4. The molecule has 1 amide bonds. The van der Waals surface area contributed by atoms with E-state index in [0.29, 0.717) is 5.69 Å². The Kier molecular flexibility index (Phi) is 2.86. The number of rotatable bonds is 3. The Labute approximate surface area is 104 Å². The Bertz CT molecular complexity index is 496. The van der Waals surface area contributed by atoms with Crippen LogP contribution >= 0.6 is 0 Å². The maximum atomic E-state index is 11.9. The van der Waals surface area contributed by atoms with Crippen molar-refractivity contribution in [1.29, 1.82) is 0 Å². The standard InChI is InChI=1S/C11H15N3O4/c1-7(2)14-6-8(5-12-14)13-4-3-11(18,9(13)15)10(16)17/h5-7,18H,3-4H2,1-2H3,(H,16,17)/t11-/m0/s1. The Balaban J connectivity index is 2.26. The minimum absolute atomic E-state index is 0.117. The van der Waals surface area contributed by atoms with Gasteiger partial charge in [-0.1, -0.05) is 0 Å². The monoisotopic (exact) mass is 253 g/mol. The van der Waals surface area contributed by atoms with Crippen molar-refractivity contribution < 1.29 is 19.8 Å². The molecule has 1 fully saturated rings. The first-order valence-electron chi connectivity index (χ1n) is 5.68. The molecule has 2 heterocycles. The normalized spacial score (nSPS) is 24.0. The van der Waals surface area contributed by atoms with Crippen LogP contribution in [0, 0.1) is 0 Å².